The van der Waals surface area contributed by atoms with E-state index in [4.69, 9.17) is 0 Å². The summed E-state index contributed by atoms with van der Waals surface area (Å²) in [5, 5.41) is 14.0. The van der Waals surface area contributed by atoms with Crippen LogP contribution in [0.5, 0.6) is 0 Å². The first kappa shape index (κ1) is 18.3. The van der Waals surface area contributed by atoms with Crippen molar-refractivity contribution in [3.8, 4) is 0 Å². The average Bonchev–Trinajstić information content (AvgIpc) is 3.22. The van der Waals surface area contributed by atoms with Crippen LogP contribution in [0.2, 0.25) is 0 Å². The predicted molar refractivity (Wildman–Crippen MR) is 107 cm³/mol. The van der Waals surface area contributed by atoms with Crippen molar-refractivity contribution in [3.63, 3.8) is 0 Å². The molecule has 1 aromatic carbocycles. The lowest BCUT2D eigenvalue weighted by Crippen LogP contribution is -2.42. The molecule has 9 heteroatoms. The van der Waals surface area contributed by atoms with Gasteiger partial charge in [-0.2, -0.15) is 0 Å². The molecule has 1 fully saturated rings. The monoisotopic (exact) mass is 398 g/mol. The number of pyridine rings is 1. The number of halogens is 1. The Hall–Kier alpha value is -3.07. The van der Waals surface area contributed by atoms with E-state index in [1.807, 2.05) is 6.07 Å². The Labute approximate surface area is 165 Å². The number of hydrogen-bond donors (Lipinski definition) is 2. The molecule has 0 spiro atoms. The molecule has 0 saturated carbocycles. The van der Waals surface area contributed by atoms with Gasteiger partial charge in [0.15, 0.2) is 0 Å². The van der Waals surface area contributed by atoms with Gasteiger partial charge in [-0.25, -0.2) is 9.37 Å². The number of aromatic nitrogens is 3. The Morgan fingerprint density at radius 2 is 2.21 bits per heavy atom. The fourth-order valence-electron chi connectivity index (χ4n) is 3.22. The summed E-state index contributed by atoms with van der Waals surface area (Å²) in [4.78, 5) is 18.7. The molecule has 1 aliphatic rings. The highest BCUT2D eigenvalue weighted by atomic mass is 32.1. The van der Waals surface area contributed by atoms with Crippen LogP contribution in [0.15, 0.2) is 48.1 Å². The predicted octanol–water partition coefficient (Wildman–Crippen LogP) is 3.41. The number of nitrogens with zero attached hydrogens (tertiary/aromatic N) is 4. The number of amides is 1. The van der Waals surface area contributed by atoms with Crippen LogP contribution >= 0.6 is 11.3 Å². The van der Waals surface area contributed by atoms with Gasteiger partial charge in [0.2, 0.25) is 5.13 Å². The molecule has 0 bridgehead atoms. The first-order valence-corrected chi connectivity index (χ1v) is 9.86. The number of hydrogen-bond acceptors (Lipinski definition) is 7. The molecule has 144 valence electrons. The summed E-state index contributed by atoms with van der Waals surface area (Å²) in [6.07, 6.45) is 3.55. The van der Waals surface area contributed by atoms with Crippen LogP contribution in [0.25, 0.3) is 0 Å². The van der Waals surface area contributed by atoms with E-state index in [1.54, 1.807) is 29.8 Å². The highest BCUT2D eigenvalue weighted by Gasteiger charge is 2.21. The van der Waals surface area contributed by atoms with Crippen molar-refractivity contribution in [2.45, 2.75) is 18.9 Å². The minimum Gasteiger partial charge on any atom is -0.369 e. The van der Waals surface area contributed by atoms with E-state index in [2.05, 4.69) is 30.7 Å². The fraction of sp³-hybridized carbons (Fsp3) is 0.263. The molecule has 1 amide bonds. The first-order chi connectivity index (χ1) is 13.7. The van der Waals surface area contributed by atoms with Crippen molar-refractivity contribution < 1.29 is 9.18 Å². The summed E-state index contributed by atoms with van der Waals surface area (Å²) in [5.74, 6) is 0.209. The fourth-order valence-corrected chi connectivity index (χ4v) is 3.66. The van der Waals surface area contributed by atoms with Crippen molar-refractivity contribution in [2.24, 2.45) is 0 Å². The lowest BCUT2D eigenvalue weighted by atomic mass is 10.0. The van der Waals surface area contributed by atoms with Crippen molar-refractivity contribution in [1.29, 1.82) is 0 Å². The Morgan fingerprint density at radius 3 is 2.96 bits per heavy atom. The standard InChI is InChI=1S/C19H19FN6OS/c20-14-3-1-5-16(9-14)26-8-2-4-15(11-26)23-17-7-6-13(10-21-17)18(27)24-19-25-22-12-28-19/h1,3,5-7,9-10,12,15H,2,4,8,11H2,(H,21,23)(H,24,25,27). The van der Waals surface area contributed by atoms with Crippen LogP contribution < -0.4 is 15.5 Å². The zero-order valence-electron chi connectivity index (χ0n) is 15.0. The first-order valence-electron chi connectivity index (χ1n) is 8.98. The topological polar surface area (TPSA) is 83.0 Å². The van der Waals surface area contributed by atoms with Gasteiger partial charge in [0.1, 0.15) is 17.1 Å². The van der Waals surface area contributed by atoms with Crippen LogP contribution in [-0.2, 0) is 0 Å². The molecular weight excluding hydrogens is 379 g/mol. The SMILES string of the molecule is O=C(Nc1nncs1)c1ccc(NC2CCCN(c3cccc(F)c3)C2)nc1. The molecule has 3 aromatic rings. The highest BCUT2D eigenvalue weighted by Crippen LogP contribution is 2.22. The maximum atomic E-state index is 13.5. The summed E-state index contributed by atoms with van der Waals surface area (Å²) >= 11 is 1.26. The van der Waals surface area contributed by atoms with E-state index in [9.17, 15) is 9.18 Å². The summed E-state index contributed by atoms with van der Waals surface area (Å²) in [6.45, 7) is 1.67. The number of benzene rings is 1. The third kappa shape index (κ3) is 4.42. The van der Waals surface area contributed by atoms with Crippen molar-refractivity contribution in [3.05, 3.63) is 59.5 Å². The zero-order valence-corrected chi connectivity index (χ0v) is 15.8. The number of anilines is 3. The molecule has 1 aliphatic heterocycles. The van der Waals surface area contributed by atoms with E-state index in [0.29, 0.717) is 16.5 Å². The third-order valence-electron chi connectivity index (χ3n) is 4.55. The lowest BCUT2D eigenvalue weighted by molar-refractivity contribution is 0.102. The highest BCUT2D eigenvalue weighted by molar-refractivity contribution is 7.13. The second-order valence-electron chi connectivity index (χ2n) is 6.54. The summed E-state index contributed by atoms with van der Waals surface area (Å²) in [6, 6.07) is 10.4. The van der Waals surface area contributed by atoms with Crippen LogP contribution in [0, 0.1) is 5.82 Å². The molecule has 0 radical (unpaired) electrons. The van der Waals surface area contributed by atoms with Gasteiger partial charge in [-0.15, -0.1) is 10.2 Å². The summed E-state index contributed by atoms with van der Waals surface area (Å²) in [7, 11) is 0. The molecule has 1 atom stereocenters. The number of piperidine rings is 1. The van der Waals surface area contributed by atoms with E-state index >= 15 is 0 Å². The zero-order chi connectivity index (χ0) is 19.3. The van der Waals surface area contributed by atoms with Gasteiger partial charge in [-0.05, 0) is 43.2 Å². The number of carbonyl (C=O) groups is 1. The van der Waals surface area contributed by atoms with Gasteiger partial charge < -0.3 is 10.2 Å². The summed E-state index contributed by atoms with van der Waals surface area (Å²) in [5.41, 5.74) is 2.90. The van der Waals surface area contributed by atoms with Gasteiger partial charge in [0.05, 0.1) is 5.56 Å². The molecule has 1 unspecified atom stereocenters. The van der Waals surface area contributed by atoms with E-state index in [-0.39, 0.29) is 17.8 Å². The van der Waals surface area contributed by atoms with Gasteiger partial charge in [-0.3, -0.25) is 10.1 Å². The molecule has 2 aromatic heterocycles. The van der Waals surface area contributed by atoms with Gasteiger partial charge in [0, 0.05) is 31.0 Å². The minimum absolute atomic E-state index is 0.200. The molecule has 1 saturated heterocycles. The normalized spacial score (nSPS) is 16.6. The Bertz CT molecular complexity index is 934. The molecular formula is C19H19FN6OS. The quantitative estimate of drug-likeness (QED) is 0.685. The second kappa shape index (κ2) is 8.30. The molecule has 4 rings (SSSR count). The van der Waals surface area contributed by atoms with Crippen LogP contribution in [0.1, 0.15) is 23.2 Å². The number of carbonyl (C=O) groups excluding carboxylic acids is 1. The third-order valence-corrected chi connectivity index (χ3v) is 5.16. The van der Waals surface area contributed by atoms with Crippen molar-refractivity contribution in [2.75, 3.05) is 28.6 Å². The Morgan fingerprint density at radius 1 is 1.29 bits per heavy atom. The molecule has 28 heavy (non-hydrogen) atoms. The Balaban J connectivity index is 1.36. The summed E-state index contributed by atoms with van der Waals surface area (Å²) < 4.78 is 13.5. The largest absolute Gasteiger partial charge is 0.369 e. The van der Waals surface area contributed by atoms with Gasteiger partial charge in [0.25, 0.3) is 5.91 Å². The maximum absolute atomic E-state index is 13.5. The smallest absolute Gasteiger partial charge is 0.259 e. The molecule has 2 N–H and O–H groups in total. The van der Waals surface area contributed by atoms with Crippen molar-refractivity contribution in [1.82, 2.24) is 15.2 Å². The van der Waals surface area contributed by atoms with Gasteiger partial charge in [-0.1, -0.05) is 17.4 Å². The van der Waals surface area contributed by atoms with Crippen LogP contribution in [-0.4, -0.2) is 40.2 Å². The number of nitrogens with one attached hydrogen (secondary N) is 2. The molecule has 0 aliphatic carbocycles. The minimum atomic E-state index is -0.272. The van der Waals surface area contributed by atoms with Crippen LogP contribution in [0.3, 0.4) is 0 Å². The van der Waals surface area contributed by atoms with E-state index in [0.717, 1.165) is 31.6 Å². The maximum Gasteiger partial charge on any atom is 0.259 e. The average molecular weight is 398 g/mol. The number of rotatable bonds is 5. The van der Waals surface area contributed by atoms with Crippen LogP contribution in [0.4, 0.5) is 21.0 Å². The van der Waals surface area contributed by atoms with E-state index < -0.39 is 0 Å². The Kier molecular flexibility index (Phi) is 5.43. The van der Waals surface area contributed by atoms with Gasteiger partial charge >= 0.3 is 0 Å². The van der Waals surface area contributed by atoms with Crippen molar-refractivity contribution >= 4 is 33.9 Å². The second-order valence-corrected chi connectivity index (χ2v) is 7.37. The molecule has 7 nitrogen and oxygen atoms in total. The lowest BCUT2D eigenvalue weighted by Gasteiger charge is -2.35. The van der Waals surface area contributed by atoms with E-state index in [1.165, 1.54) is 23.6 Å². The molecule has 3 heterocycles.